The maximum Gasteiger partial charge on any atom is 0.169 e. The third-order valence-corrected chi connectivity index (χ3v) is 8.92. The Morgan fingerprint density at radius 1 is 0.857 bits per heavy atom. The Kier molecular flexibility index (Phi) is 9.36. The maximum absolute atomic E-state index is 15.3. The zero-order chi connectivity index (χ0) is 24.8. The zero-order valence-electron chi connectivity index (χ0n) is 21.7. The number of allylic oxidation sites excluding steroid dienone is 2. The van der Waals surface area contributed by atoms with Gasteiger partial charge in [0.15, 0.2) is 11.6 Å². The van der Waals surface area contributed by atoms with Crippen molar-refractivity contribution < 1.29 is 13.2 Å². The molecule has 4 rings (SSSR count). The minimum absolute atomic E-state index is 0.0400. The summed E-state index contributed by atoms with van der Waals surface area (Å²) in [5, 5.41) is 0.303. The summed E-state index contributed by atoms with van der Waals surface area (Å²) < 4.78 is 45.6. The topological polar surface area (TPSA) is 0 Å². The molecule has 0 saturated heterocycles. The standard InChI is InChI=1S/C32H43F3/c1-3-5-7-8-10-11-22-13-14-25-20-26(17-16-24(25)19-22)28-21-27-18-15-23(12-9-6-4-2)30(33)29(27)32(35)31(28)34/h4,6,15,18,21-22,24-26H,3,5,7-14,16-17,19-20H2,1-2H3/b6-4+. The average Bonchev–Trinajstić information content (AvgIpc) is 2.87. The molecule has 0 amide bonds. The van der Waals surface area contributed by atoms with Crippen LogP contribution in [-0.4, -0.2) is 0 Å². The van der Waals surface area contributed by atoms with Gasteiger partial charge >= 0.3 is 0 Å². The number of benzene rings is 2. The number of hydrogen-bond acceptors (Lipinski definition) is 0. The van der Waals surface area contributed by atoms with E-state index in [1.807, 2.05) is 19.1 Å². The van der Waals surface area contributed by atoms with Gasteiger partial charge in [0.1, 0.15) is 5.82 Å². The lowest BCUT2D eigenvalue weighted by Gasteiger charge is -2.42. The van der Waals surface area contributed by atoms with Crippen molar-refractivity contribution in [2.45, 2.75) is 110 Å². The molecule has 0 spiro atoms. The van der Waals surface area contributed by atoms with E-state index in [2.05, 4.69) is 6.92 Å². The first kappa shape index (κ1) is 26.3. The van der Waals surface area contributed by atoms with Crippen molar-refractivity contribution in [3.05, 3.63) is 58.9 Å². The molecule has 2 saturated carbocycles. The van der Waals surface area contributed by atoms with Crippen LogP contribution in [0.2, 0.25) is 0 Å². The molecule has 4 unspecified atom stereocenters. The molecule has 2 aliphatic rings. The minimum Gasteiger partial charge on any atom is -0.206 e. The molecule has 0 bridgehead atoms. The Morgan fingerprint density at radius 3 is 2.43 bits per heavy atom. The molecule has 2 aliphatic carbocycles. The van der Waals surface area contributed by atoms with Crippen molar-refractivity contribution in [3.8, 4) is 0 Å². The van der Waals surface area contributed by atoms with Gasteiger partial charge in [-0.05, 0) is 98.1 Å². The fraction of sp³-hybridized carbons (Fsp3) is 0.625. The number of rotatable bonds is 10. The van der Waals surface area contributed by atoms with Gasteiger partial charge in [-0.1, -0.05) is 76.2 Å². The van der Waals surface area contributed by atoms with Gasteiger partial charge in [0.25, 0.3) is 0 Å². The molecule has 0 aliphatic heterocycles. The predicted molar refractivity (Wildman–Crippen MR) is 141 cm³/mol. The lowest BCUT2D eigenvalue weighted by Crippen LogP contribution is -2.30. The van der Waals surface area contributed by atoms with Crippen LogP contribution in [0.15, 0.2) is 30.4 Å². The Hall–Kier alpha value is -1.77. The van der Waals surface area contributed by atoms with Crippen LogP contribution in [0, 0.1) is 35.2 Å². The highest BCUT2D eigenvalue weighted by Gasteiger charge is 2.37. The molecule has 0 N–H and O–H groups in total. The highest BCUT2D eigenvalue weighted by atomic mass is 19.2. The number of aryl methyl sites for hydroxylation is 1. The van der Waals surface area contributed by atoms with Crippen LogP contribution in [0.1, 0.15) is 114 Å². The molecule has 0 radical (unpaired) electrons. The molecular formula is C32H43F3. The van der Waals surface area contributed by atoms with E-state index in [1.54, 1.807) is 18.2 Å². The van der Waals surface area contributed by atoms with Gasteiger partial charge in [-0.2, -0.15) is 0 Å². The lowest BCUT2D eigenvalue weighted by molar-refractivity contribution is 0.112. The first-order valence-corrected chi connectivity index (χ1v) is 14.2. The molecule has 0 aromatic heterocycles. The molecule has 2 aromatic rings. The van der Waals surface area contributed by atoms with E-state index in [4.69, 9.17) is 0 Å². The zero-order valence-corrected chi connectivity index (χ0v) is 21.7. The molecular weight excluding hydrogens is 441 g/mol. The monoisotopic (exact) mass is 484 g/mol. The largest absolute Gasteiger partial charge is 0.206 e. The Balaban J connectivity index is 1.42. The van der Waals surface area contributed by atoms with Gasteiger partial charge in [0.05, 0.1) is 5.39 Å². The molecule has 35 heavy (non-hydrogen) atoms. The second-order valence-corrected chi connectivity index (χ2v) is 11.3. The SMILES string of the molecule is C/C=C/CCc1ccc2cc(C3CCC4CC(CCCCCCC)CCC4C3)c(F)c(F)c2c1F. The van der Waals surface area contributed by atoms with Crippen LogP contribution in [0.4, 0.5) is 13.2 Å². The quantitative estimate of drug-likeness (QED) is 0.232. The summed E-state index contributed by atoms with van der Waals surface area (Å²) >= 11 is 0. The van der Waals surface area contributed by atoms with Crippen LogP contribution in [0.25, 0.3) is 10.8 Å². The summed E-state index contributed by atoms with van der Waals surface area (Å²) in [6.07, 6.45) is 20.0. The number of fused-ring (bicyclic) bond motifs is 2. The Morgan fingerprint density at radius 2 is 1.63 bits per heavy atom. The van der Waals surface area contributed by atoms with Gasteiger partial charge in [-0.3, -0.25) is 0 Å². The first-order chi connectivity index (χ1) is 17.0. The molecule has 3 heteroatoms. The highest BCUT2D eigenvalue weighted by molar-refractivity contribution is 5.85. The third kappa shape index (κ3) is 6.15. The highest BCUT2D eigenvalue weighted by Crippen LogP contribution is 2.49. The minimum atomic E-state index is -1.00. The fourth-order valence-electron chi connectivity index (χ4n) is 6.91. The predicted octanol–water partition coefficient (Wildman–Crippen LogP) is 10.4. The summed E-state index contributed by atoms with van der Waals surface area (Å²) in [6, 6.07) is 5.25. The lowest BCUT2D eigenvalue weighted by atomic mass is 9.63. The maximum atomic E-state index is 15.3. The van der Waals surface area contributed by atoms with Crippen LogP contribution in [0.5, 0.6) is 0 Å². The van der Waals surface area contributed by atoms with Gasteiger partial charge in [-0.25, -0.2) is 13.2 Å². The van der Waals surface area contributed by atoms with Crippen molar-refractivity contribution >= 4 is 10.8 Å². The van der Waals surface area contributed by atoms with E-state index in [-0.39, 0.29) is 11.3 Å². The first-order valence-electron chi connectivity index (χ1n) is 14.2. The van der Waals surface area contributed by atoms with Crippen LogP contribution < -0.4 is 0 Å². The van der Waals surface area contributed by atoms with E-state index in [9.17, 15) is 0 Å². The second-order valence-electron chi connectivity index (χ2n) is 11.3. The molecule has 192 valence electrons. The summed E-state index contributed by atoms with van der Waals surface area (Å²) in [6.45, 7) is 4.18. The average molecular weight is 485 g/mol. The Labute approximate surface area is 210 Å². The van der Waals surface area contributed by atoms with Crippen molar-refractivity contribution in [2.75, 3.05) is 0 Å². The van der Waals surface area contributed by atoms with Gasteiger partial charge in [-0.15, -0.1) is 0 Å². The van der Waals surface area contributed by atoms with Gasteiger partial charge in [0.2, 0.25) is 0 Å². The second kappa shape index (κ2) is 12.5. The van der Waals surface area contributed by atoms with E-state index >= 15 is 13.2 Å². The summed E-state index contributed by atoms with van der Waals surface area (Å²) in [5.41, 5.74) is 0.914. The number of unbranched alkanes of at least 4 members (excludes halogenated alkanes) is 4. The van der Waals surface area contributed by atoms with Crippen molar-refractivity contribution in [1.29, 1.82) is 0 Å². The van der Waals surface area contributed by atoms with Crippen LogP contribution >= 0.6 is 0 Å². The summed E-state index contributed by atoms with van der Waals surface area (Å²) in [7, 11) is 0. The van der Waals surface area contributed by atoms with Gasteiger partial charge in [0, 0.05) is 0 Å². The smallest absolute Gasteiger partial charge is 0.169 e. The van der Waals surface area contributed by atoms with E-state index in [1.165, 1.54) is 57.8 Å². The van der Waals surface area contributed by atoms with Crippen molar-refractivity contribution in [3.63, 3.8) is 0 Å². The number of halogens is 3. The van der Waals surface area contributed by atoms with Crippen LogP contribution in [0.3, 0.4) is 0 Å². The van der Waals surface area contributed by atoms with E-state index in [0.717, 1.165) is 31.1 Å². The number of hydrogen-bond donors (Lipinski definition) is 0. The molecule has 0 nitrogen and oxygen atoms in total. The van der Waals surface area contributed by atoms with E-state index < -0.39 is 17.5 Å². The molecule has 4 atom stereocenters. The summed E-state index contributed by atoms with van der Waals surface area (Å²) in [4.78, 5) is 0. The summed E-state index contributed by atoms with van der Waals surface area (Å²) in [5.74, 6) is -0.178. The van der Waals surface area contributed by atoms with E-state index in [0.29, 0.717) is 35.3 Å². The Bertz CT molecular complexity index is 1010. The van der Waals surface area contributed by atoms with Crippen LogP contribution in [-0.2, 0) is 6.42 Å². The molecule has 2 fully saturated rings. The third-order valence-electron chi connectivity index (χ3n) is 8.92. The fourth-order valence-corrected chi connectivity index (χ4v) is 6.91. The van der Waals surface area contributed by atoms with Crippen molar-refractivity contribution in [2.24, 2.45) is 17.8 Å². The normalized spacial score (nSPS) is 24.8. The molecule has 2 aromatic carbocycles. The molecule has 0 heterocycles. The van der Waals surface area contributed by atoms with Gasteiger partial charge < -0.3 is 0 Å². The van der Waals surface area contributed by atoms with Crippen molar-refractivity contribution in [1.82, 2.24) is 0 Å².